The maximum absolute atomic E-state index is 12.5. The summed E-state index contributed by atoms with van der Waals surface area (Å²) < 4.78 is 32.6. The molecule has 0 saturated carbocycles. The van der Waals surface area contributed by atoms with Crippen LogP contribution in [-0.2, 0) is 10.0 Å². The molecule has 0 saturated heterocycles. The average molecular weight is 361 g/mol. The fourth-order valence-electron chi connectivity index (χ4n) is 1.76. The van der Waals surface area contributed by atoms with E-state index < -0.39 is 10.0 Å². The molecule has 1 aromatic carbocycles. The molecule has 0 radical (unpaired) electrons. The number of pyridine rings is 1. The lowest BCUT2D eigenvalue weighted by Crippen LogP contribution is -2.15. The van der Waals surface area contributed by atoms with Gasteiger partial charge in [0.2, 0.25) is 0 Å². The van der Waals surface area contributed by atoms with Gasteiger partial charge in [-0.1, -0.05) is 29.3 Å². The summed E-state index contributed by atoms with van der Waals surface area (Å²) >= 11 is 12.1. The van der Waals surface area contributed by atoms with Gasteiger partial charge in [-0.2, -0.15) is 0 Å². The number of rotatable bonds is 5. The smallest absolute Gasteiger partial charge is 0.264 e. The Labute approximate surface area is 139 Å². The zero-order chi connectivity index (χ0) is 16.3. The number of halogens is 2. The highest BCUT2D eigenvalue weighted by Gasteiger charge is 2.22. The summed E-state index contributed by atoms with van der Waals surface area (Å²) in [5.41, 5.74) is 0.694. The third kappa shape index (κ3) is 3.63. The van der Waals surface area contributed by atoms with Crippen LogP contribution in [-0.4, -0.2) is 20.0 Å². The Hall–Kier alpha value is -1.50. The molecular formula is C14H14Cl2N2O3S. The minimum absolute atomic E-state index is 0.0222. The van der Waals surface area contributed by atoms with Crippen LogP contribution >= 0.6 is 23.2 Å². The normalized spacial score (nSPS) is 11.3. The second-order valence-electron chi connectivity index (χ2n) is 4.42. The van der Waals surface area contributed by atoms with E-state index in [9.17, 15) is 8.42 Å². The Morgan fingerprint density at radius 3 is 2.64 bits per heavy atom. The van der Waals surface area contributed by atoms with E-state index in [1.807, 2.05) is 0 Å². The minimum Gasteiger partial charge on any atom is -0.492 e. The van der Waals surface area contributed by atoms with Crippen LogP contribution in [0.3, 0.4) is 0 Å². The molecule has 2 aromatic rings. The number of aryl methyl sites for hydroxylation is 1. The Balaban J connectivity index is 2.42. The number of nitrogens with one attached hydrogen (secondary N) is 1. The number of nitrogens with zero attached hydrogens (tertiary/aromatic N) is 1. The molecule has 0 amide bonds. The quantitative estimate of drug-likeness (QED) is 0.877. The van der Waals surface area contributed by atoms with Crippen LogP contribution in [0.5, 0.6) is 5.75 Å². The van der Waals surface area contributed by atoms with E-state index >= 15 is 0 Å². The van der Waals surface area contributed by atoms with Gasteiger partial charge in [-0.05, 0) is 31.5 Å². The van der Waals surface area contributed by atoms with Crippen molar-refractivity contribution in [1.29, 1.82) is 0 Å². The van der Waals surface area contributed by atoms with Crippen molar-refractivity contribution in [3.8, 4) is 5.75 Å². The van der Waals surface area contributed by atoms with Gasteiger partial charge in [0.1, 0.15) is 16.5 Å². The van der Waals surface area contributed by atoms with Crippen LogP contribution in [0.2, 0.25) is 10.0 Å². The highest BCUT2D eigenvalue weighted by Crippen LogP contribution is 2.34. The third-order valence-electron chi connectivity index (χ3n) is 2.82. The van der Waals surface area contributed by atoms with Crippen molar-refractivity contribution in [1.82, 2.24) is 4.98 Å². The molecule has 0 unspecified atom stereocenters. The number of hydrogen-bond donors (Lipinski definition) is 1. The van der Waals surface area contributed by atoms with E-state index in [1.54, 1.807) is 26.0 Å². The lowest BCUT2D eigenvalue weighted by molar-refractivity contribution is 0.340. The van der Waals surface area contributed by atoms with Crippen molar-refractivity contribution >= 4 is 39.0 Å². The van der Waals surface area contributed by atoms with Gasteiger partial charge in [-0.25, -0.2) is 13.4 Å². The van der Waals surface area contributed by atoms with Crippen LogP contribution in [0, 0.1) is 6.92 Å². The number of anilines is 1. The first-order chi connectivity index (χ1) is 10.3. The van der Waals surface area contributed by atoms with Crippen LogP contribution in [0.4, 0.5) is 5.82 Å². The molecule has 2 rings (SSSR count). The molecule has 0 aliphatic carbocycles. The first-order valence-corrected chi connectivity index (χ1v) is 8.65. The number of aromatic nitrogens is 1. The van der Waals surface area contributed by atoms with E-state index in [1.165, 1.54) is 18.3 Å². The van der Waals surface area contributed by atoms with Gasteiger partial charge in [0.05, 0.1) is 16.7 Å². The van der Waals surface area contributed by atoms with Crippen molar-refractivity contribution < 1.29 is 13.2 Å². The average Bonchev–Trinajstić information content (AvgIpc) is 2.45. The Morgan fingerprint density at radius 2 is 2.00 bits per heavy atom. The maximum atomic E-state index is 12.5. The molecule has 0 aliphatic heterocycles. The molecule has 0 fully saturated rings. The number of benzene rings is 1. The SMILES string of the molecule is CCOc1cc(Cl)c(S(=O)(=O)Nc2ncccc2C)cc1Cl. The fourth-order valence-corrected chi connectivity index (χ4v) is 3.67. The van der Waals surface area contributed by atoms with Crippen LogP contribution in [0.15, 0.2) is 35.4 Å². The van der Waals surface area contributed by atoms with Gasteiger partial charge in [-0.15, -0.1) is 0 Å². The lowest BCUT2D eigenvalue weighted by atomic mass is 10.3. The number of sulfonamides is 1. The number of ether oxygens (including phenoxy) is 1. The van der Waals surface area contributed by atoms with Gasteiger partial charge in [-0.3, -0.25) is 4.72 Å². The summed E-state index contributed by atoms with van der Waals surface area (Å²) in [5.74, 6) is 0.575. The Bertz CT molecular complexity index is 795. The van der Waals surface area contributed by atoms with Gasteiger partial charge < -0.3 is 4.74 Å². The zero-order valence-electron chi connectivity index (χ0n) is 11.9. The molecule has 118 valence electrons. The van der Waals surface area contributed by atoms with E-state index in [4.69, 9.17) is 27.9 Å². The number of hydrogen-bond acceptors (Lipinski definition) is 4. The monoisotopic (exact) mass is 360 g/mol. The second-order valence-corrected chi connectivity index (χ2v) is 6.89. The van der Waals surface area contributed by atoms with E-state index in [0.717, 1.165) is 0 Å². The van der Waals surface area contributed by atoms with Gasteiger partial charge in [0.25, 0.3) is 10.0 Å². The molecule has 5 nitrogen and oxygen atoms in total. The summed E-state index contributed by atoms with van der Waals surface area (Å²) in [4.78, 5) is 3.87. The van der Waals surface area contributed by atoms with E-state index in [0.29, 0.717) is 17.9 Å². The van der Waals surface area contributed by atoms with Crippen LogP contribution in [0.25, 0.3) is 0 Å². The fraction of sp³-hybridized carbons (Fsp3) is 0.214. The molecule has 0 aliphatic rings. The van der Waals surface area contributed by atoms with Gasteiger partial charge >= 0.3 is 0 Å². The summed E-state index contributed by atoms with van der Waals surface area (Å²) in [6.45, 7) is 3.94. The van der Waals surface area contributed by atoms with Crippen LogP contribution in [0.1, 0.15) is 12.5 Å². The predicted molar refractivity (Wildman–Crippen MR) is 87.4 cm³/mol. The highest BCUT2D eigenvalue weighted by molar-refractivity contribution is 7.92. The van der Waals surface area contributed by atoms with Gasteiger partial charge in [0, 0.05) is 12.3 Å². The zero-order valence-corrected chi connectivity index (χ0v) is 14.3. The summed E-state index contributed by atoms with van der Waals surface area (Å²) in [7, 11) is -3.91. The largest absolute Gasteiger partial charge is 0.492 e. The predicted octanol–water partition coefficient (Wildman–Crippen LogP) is 3.90. The maximum Gasteiger partial charge on any atom is 0.264 e. The molecule has 0 bridgehead atoms. The molecule has 1 N–H and O–H groups in total. The van der Waals surface area contributed by atoms with Crippen molar-refractivity contribution in [2.75, 3.05) is 11.3 Å². The summed E-state index contributed by atoms with van der Waals surface area (Å²) in [6, 6.07) is 6.11. The van der Waals surface area contributed by atoms with E-state index in [2.05, 4.69) is 9.71 Å². The Morgan fingerprint density at radius 1 is 1.27 bits per heavy atom. The molecule has 22 heavy (non-hydrogen) atoms. The molecule has 8 heteroatoms. The van der Waals surface area contributed by atoms with Crippen LogP contribution < -0.4 is 9.46 Å². The van der Waals surface area contributed by atoms with E-state index in [-0.39, 0.29) is 20.8 Å². The standard InChI is InChI=1S/C14H14Cl2N2O3S/c1-3-21-12-7-11(16)13(8-10(12)15)22(19,20)18-14-9(2)5-4-6-17-14/h4-8H,3H2,1-2H3,(H,17,18). The van der Waals surface area contributed by atoms with Crippen molar-refractivity contribution in [2.45, 2.75) is 18.7 Å². The van der Waals surface area contributed by atoms with Gasteiger partial charge in [0.15, 0.2) is 0 Å². The first-order valence-electron chi connectivity index (χ1n) is 6.41. The highest BCUT2D eigenvalue weighted by atomic mass is 35.5. The lowest BCUT2D eigenvalue weighted by Gasteiger charge is -2.13. The topological polar surface area (TPSA) is 68.3 Å². The second kappa shape index (κ2) is 6.73. The van der Waals surface area contributed by atoms with Crippen molar-refractivity contribution in [3.05, 3.63) is 46.1 Å². The molecule has 1 aromatic heterocycles. The first kappa shape index (κ1) is 16.9. The molecule has 1 heterocycles. The van der Waals surface area contributed by atoms with Crippen molar-refractivity contribution in [3.63, 3.8) is 0 Å². The summed E-state index contributed by atoms with van der Waals surface area (Å²) in [6.07, 6.45) is 1.50. The minimum atomic E-state index is -3.91. The molecular weight excluding hydrogens is 347 g/mol. The van der Waals surface area contributed by atoms with Crippen molar-refractivity contribution in [2.24, 2.45) is 0 Å². The summed E-state index contributed by atoms with van der Waals surface area (Å²) in [5, 5.41) is 0.193. The Kier molecular flexibility index (Phi) is 5.16. The molecule has 0 spiro atoms. The molecule has 0 atom stereocenters. The third-order valence-corrected chi connectivity index (χ3v) is 4.92.